The highest BCUT2D eigenvalue weighted by Gasteiger charge is 2.26. The van der Waals surface area contributed by atoms with Crippen LogP contribution in [-0.4, -0.2) is 40.1 Å². The number of halogens is 1. The van der Waals surface area contributed by atoms with Gasteiger partial charge in [-0.25, -0.2) is 9.97 Å². The van der Waals surface area contributed by atoms with E-state index in [1.807, 2.05) is 0 Å². The number of hydrogen-bond acceptors (Lipinski definition) is 5. The molecular weight excluding hydrogens is 262 g/mol. The second-order valence-corrected chi connectivity index (χ2v) is 5.47. The Labute approximate surface area is 119 Å². The highest BCUT2D eigenvalue weighted by atomic mass is 35.5. The van der Waals surface area contributed by atoms with Gasteiger partial charge in [-0.1, -0.05) is 13.3 Å². The van der Waals surface area contributed by atoms with E-state index >= 15 is 0 Å². The molecule has 1 aromatic heterocycles. The van der Waals surface area contributed by atoms with Crippen molar-refractivity contribution >= 4 is 17.5 Å². The van der Waals surface area contributed by atoms with Crippen LogP contribution in [-0.2, 0) is 0 Å². The molecule has 0 radical (unpaired) electrons. The van der Waals surface area contributed by atoms with E-state index in [-0.39, 0.29) is 5.28 Å². The van der Waals surface area contributed by atoms with Crippen molar-refractivity contribution in [1.82, 2.24) is 20.3 Å². The Kier molecular flexibility index (Phi) is 5.34. The molecule has 0 amide bonds. The van der Waals surface area contributed by atoms with Gasteiger partial charge in [0.05, 0.1) is 0 Å². The summed E-state index contributed by atoms with van der Waals surface area (Å²) >= 11 is 5.89. The zero-order valence-electron chi connectivity index (χ0n) is 11.6. The molecule has 0 spiro atoms. The molecule has 0 aliphatic carbocycles. The fourth-order valence-corrected chi connectivity index (χ4v) is 2.69. The first kappa shape index (κ1) is 14.5. The van der Waals surface area contributed by atoms with Crippen LogP contribution >= 0.6 is 11.6 Å². The van der Waals surface area contributed by atoms with Gasteiger partial charge in [0.15, 0.2) is 0 Å². The predicted octanol–water partition coefficient (Wildman–Crippen LogP) is 2.27. The Morgan fingerprint density at radius 1 is 1.47 bits per heavy atom. The Morgan fingerprint density at radius 2 is 2.32 bits per heavy atom. The quantitative estimate of drug-likeness (QED) is 0.898. The first-order valence-electron chi connectivity index (χ1n) is 7.05. The highest BCUT2D eigenvalue weighted by molar-refractivity contribution is 6.28. The summed E-state index contributed by atoms with van der Waals surface area (Å²) in [6.07, 6.45) is 6.04. The second-order valence-electron chi connectivity index (χ2n) is 5.13. The number of anilines is 1. The molecule has 1 aliphatic rings. The van der Waals surface area contributed by atoms with Crippen LogP contribution < -0.4 is 10.2 Å². The van der Waals surface area contributed by atoms with Crippen LogP contribution in [0.4, 0.5) is 5.95 Å². The van der Waals surface area contributed by atoms with Crippen molar-refractivity contribution in [2.75, 3.05) is 18.0 Å². The number of aromatic nitrogens is 3. The Bertz CT molecular complexity index is 400. The predicted molar refractivity (Wildman–Crippen MR) is 77.6 cm³/mol. The van der Waals surface area contributed by atoms with Gasteiger partial charge in [0.2, 0.25) is 11.2 Å². The van der Waals surface area contributed by atoms with E-state index in [0.29, 0.717) is 18.0 Å². The zero-order chi connectivity index (χ0) is 13.7. The Morgan fingerprint density at radius 3 is 3.00 bits per heavy atom. The summed E-state index contributed by atoms with van der Waals surface area (Å²) in [5.74, 6) is 0.715. The van der Waals surface area contributed by atoms with Crippen molar-refractivity contribution in [2.45, 2.75) is 51.6 Å². The second kappa shape index (κ2) is 7.01. The molecule has 1 N–H and O–H groups in total. The zero-order valence-corrected chi connectivity index (χ0v) is 12.4. The van der Waals surface area contributed by atoms with Gasteiger partial charge in [0.1, 0.15) is 6.33 Å². The largest absolute Gasteiger partial charge is 0.338 e. The average Bonchev–Trinajstić information content (AvgIpc) is 2.39. The number of rotatable bonds is 5. The monoisotopic (exact) mass is 283 g/mol. The van der Waals surface area contributed by atoms with Crippen LogP contribution in [0.5, 0.6) is 0 Å². The van der Waals surface area contributed by atoms with Gasteiger partial charge in [-0.3, -0.25) is 0 Å². The molecule has 5 nitrogen and oxygen atoms in total. The standard InChI is InChI=1S/C13H22ClN5/c1-3-4-7-19(11-5-6-15-10(2)8-11)13-17-9-16-12(14)18-13/h9-11,15H,3-8H2,1-2H3. The van der Waals surface area contributed by atoms with E-state index in [1.54, 1.807) is 0 Å². The summed E-state index contributed by atoms with van der Waals surface area (Å²) in [4.78, 5) is 14.7. The smallest absolute Gasteiger partial charge is 0.229 e. The van der Waals surface area contributed by atoms with Crippen LogP contribution in [0, 0.1) is 0 Å². The van der Waals surface area contributed by atoms with E-state index in [4.69, 9.17) is 11.6 Å². The third kappa shape index (κ3) is 4.01. The summed E-state index contributed by atoms with van der Waals surface area (Å²) in [5, 5.41) is 3.75. The fraction of sp³-hybridized carbons (Fsp3) is 0.769. The summed E-state index contributed by atoms with van der Waals surface area (Å²) in [6.45, 7) is 6.45. The molecule has 0 aromatic carbocycles. The lowest BCUT2D eigenvalue weighted by Crippen LogP contribution is -2.48. The van der Waals surface area contributed by atoms with Crippen LogP contribution in [0.15, 0.2) is 6.33 Å². The number of hydrogen-bond donors (Lipinski definition) is 1. The Balaban J connectivity index is 2.14. The lowest BCUT2D eigenvalue weighted by atomic mass is 9.99. The molecule has 2 atom stereocenters. The minimum atomic E-state index is 0.272. The summed E-state index contributed by atoms with van der Waals surface area (Å²) in [7, 11) is 0. The molecule has 1 aliphatic heterocycles. The van der Waals surface area contributed by atoms with Crippen molar-refractivity contribution in [3.05, 3.63) is 11.6 Å². The lowest BCUT2D eigenvalue weighted by molar-refractivity contribution is 0.359. The SMILES string of the molecule is CCCCN(c1ncnc(Cl)n1)C1CCNC(C)C1. The molecule has 2 heterocycles. The molecule has 2 rings (SSSR count). The molecule has 1 fully saturated rings. The third-order valence-corrected chi connectivity index (χ3v) is 3.76. The molecule has 1 saturated heterocycles. The van der Waals surface area contributed by atoms with Crippen molar-refractivity contribution in [2.24, 2.45) is 0 Å². The molecule has 106 valence electrons. The minimum Gasteiger partial charge on any atom is -0.338 e. The normalized spacial score (nSPS) is 23.3. The fourth-order valence-electron chi connectivity index (χ4n) is 2.57. The highest BCUT2D eigenvalue weighted by Crippen LogP contribution is 2.21. The van der Waals surface area contributed by atoms with E-state index < -0.39 is 0 Å². The minimum absolute atomic E-state index is 0.272. The van der Waals surface area contributed by atoms with E-state index in [1.165, 1.54) is 6.33 Å². The summed E-state index contributed by atoms with van der Waals surface area (Å²) < 4.78 is 0. The number of piperidine rings is 1. The van der Waals surface area contributed by atoms with Gasteiger partial charge in [-0.05, 0) is 44.3 Å². The maximum atomic E-state index is 5.89. The maximum Gasteiger partial charge on any atom is 0.229 e. The van der Waals surface area contributed by atoms with Gasteiger partial charge in [0.25, 0.3) is 0 Å². The lowest BCUT2D eigenvalue weighted by Gasteiger charge is -2.37. The van der Waals surface area contributed by atoms with Crippen LogP contribution in [0.25, 0.3) is 0 Å². The molecule has 6 heteroatoms. The number of unbranched alkanes of at least 4 members (excludes halogenated alkanes) is 1. The van der Waals surface area contributed by atoms with Gasteiger partial charge < -0.3 is 10.2 Å². The third-order valence-electron chi connectivity index (χ3n) is 3.58. The molecule has 0 saturated carbocycles. The molecule has 19 heavy (non-hydrogen) atoms. The molecule has 1 aromatic rings. The molecular formula is C13H22ClN5. The van der Waals surface area contributed by atoms with Gasteiger partial charge in [-0.2, -0.15) is 4.98 Å². The molecule has 0 bridgehead atoms. The van der Waals surface area contributed by atoms with Gasteiger partial charge >= 0.3 is 0 Å². The maximum absolute atomic E-state index is 5.89. The summed E-state index contributed by atoms with van der Waals surface area (Å²) in [5.41, 5.74) is 0. The van der Waals surface area contributed by atoms with E-state index in [2.05, 4.69) is 39.0 Å². The summed E-state index contributed by atoms with van der Waals surface area (Å²) in [6, 6.07) is 1.03. The first-order valence-corrected chi connectivity index (χ1v) is 7.43. The van der Waals surface area contributed by atoms with Crippen LogP contribution in [0.1, 0.15) is 39.5 Å². The number of nitrogens with zero attached hydrogens (tertiary/aromatic N) is 4. The van der Waals surface area contributed by atoms with E-state index in [0.717, 1.165) is 38.8 Å². The van der Waals surface area contributed by atoms with Gasteiger partial charge in [0, 0.05) is 18.6 Å². The van der Waals surface area contributed by atoms with Crippen LogP contribution in [0.3, 0.4) is 0 Å². The van der Waals surface area contributed by atoms with E-state index in [9.17, 15) is 0 Å². The Hall–Kier alpha value is -0.940. The van der Waals surface area contributed by atoms with Crippen LogP contribution in [0.2, 0.25) is 5.28 Å². The van der Waals surface area contributed by atoms with Crippen molar-refractivity contribution in [1.29, 1.82) is 0 Å². The average molecular weight is 284 g/mol. The van der Waals surface area contributed by atoms with Crippen molar-refractivity contribution in [3.8, 4) is 0 Å². The van der Waals surface area contributed by atoms with Crippen molar-refractivity contribution in [3.63, 3.8) is 0 Å². The molecule has 2 unspecified atom stereocenters. The van der Waals surface area contributed by atoms with Crippen molar-refractivity contribution < 1.29 is 0 Å². The number of nitrogens with one attached hydrogen (secondary N) is 1. The topological polar surface area (TPSA) is 53.9 Å². The first-order chi connectivity index (χ1) is 9.20. The van der Waals surface area contributed by atoms with Gasteiger partial charge in [-0.15, -0.1) is 0 Å².